The van der Waals surface area contributed by atoms with Crippen molar-refractivity contribution in [3.8, 4) is 11.4 Å². The molecule has 1 saturated heterocycles. The third-order valence-corrected chi connectivity index (χ3v) is 5.84. The van der Waals surface area contributed by atoms with E-state index in [4.69, 9.17) is 0 Å². The lowest BCUT2D eigenvalue weighted by molar-refractivity contribution is -0.132. The Morgan fingerprint density at radius 3 is 2.38 bits per heavy atom. The van der Waals surface area contributed by atoms with Crippen LogP contribution in [0.3, 0.4) is 0 Å². The zero-order chi connectivity index (χ0) is 22.2. The average molecular weight is 437 g/mol. The Morgan fingerprint density at radius 1 is 0.875 bits per heavy atom. The molecule has 1 fully saturated rings. The Labute approximate surface area is 187 Å². The minimum absolute atomic E-state index is 0.00459. The molecule has 0 radical (unpaired) electrons. The summed E-state index contributed by atoms with van der Waals surface area (Å²) in [6, 6.07) is 16.4. The first-order valence-electron chi connectivity index (χ1n) is 11.3. The first-order chi connectivity index (χ1) is 15.7. The molecule has 7 nitrogen and oxygen atoms in total. The van der Waals surface area contributed by atoms with Crippen molar-refractivity contribution in [2.75, 3.05) is 32.7 Å². The highest BCUT2D eigenvalue weighted by molar-refractivity contribution is 5.79. The number of hydrogen-bond donors (Lipinski definition) is 0. The fourth-order valence-corrected chi connectivity index (χ4v) is 3.94. The van der Waals surface area contributed by atoms with Gasteiger partial charge in [0.1, 0.15) is 5.82 Å². The van der Waals surface area contributed by atoms with Gasteiger partial charge in [0.15, 0.2) is 0 Å². The molecule has 0 saturated carbocycles. The second-order valence-corrected chi connectivity index (χ2v) is 8.13. The number of benzene rings is 2. The van der Waals surface area contributed by atoms with Crippen molar-refractivity contribution in [3.05, 3.63) is 66.0 Å². The van der Waals surface area contributed by atoms with E-state index in [-0.39, 0.29) is 18.1 Å². The summed E-state index contributed by atoms with van der Waals surface area (Å²) < 4.78 is 13.8. The summed E-state index contributed by atoms with van der Waals surface area (Å²) in [5.74, 6) is 0.356. The second kappa shape index (κ2) is 10.9. The summed E-state index contributed by atoms with van der Waals surface area (Å²) in [7, 11) is 0. The van der Waals surface area contributed by atoms with Gasteiger partial charge < -0.3 is 4.90 Å². The molecule has 0 aliphatic carbocycles. The second-order valence-electron chi connectivity index (χ2n) is 8.13. The number of halogens is 1. The maximum atomic E-state index is 13.8. The molecule has 0 unspecified atom stereocenters. The zero-order valence-corrected chi connectivity index (χ0v) is 18.2. The van der Waals surface area contributed by atoms with Crippen LogP contribution in [-0.2, 0) is 17.8 Å². The Bertz CT molecular complexity index is 1000. The van der Waals surface area contributed by atoms with Crippen molar-refractivity contribution in [1.82, 2.24) is 30.0 Å². The van der Waals surface area contributed by atoms with Crippen LogP contribution in [0.4, 0.5) is 4.39 Å². The normalized spacial score (nSPS) is 14.6. The fourth-order valence-electron chi connectivity index (χ4n) is 3.94. The lowest BCUT2D eigenvalue weighted by Crippen LogP contribution is -2.49. The molecule has 8 heteroatoms. The molecular weight excluding hydrogens is 407 g/mol. The summed E-state index contributed by atoms with van der Waals surface area (Å²) in [5, 5.41) is 12.7. The molecule has 1 aromatic heterocycles. The van der Waals surface area contributed by atoms with Gasteiger partial charge in [-0.05, 0) is 36.2 Å². The van der Waals surface area contributed by atoms with E-state index in [1.807, 2.05) is 35.2 Å². The third kappa shape index (κ3) is 5.97. The first-order valence-corrected chi connectivity index (χ1v) is 11.3. The molecule has 0 bridgehead atoms. The molecule has 32 heavy (non-hydrogen) atoms. The lowest BCUT2D eigenvalue weighted by Gasteiger charge is -2.34. The largest absolute Gasteiger partial charge is 0.340 e. The zero-order valence-electron chi connectivity index (χ0n) is 18.2. The molecule has 168 valence electrons. The Morgan fingerprint density at radius 2 is 1.59 bits per heavy atom. The number of tetrazole rings is 1. The number of aryl methyl sites for hydroxylation is 1. The van der Waals surface area contributed by atoms with E-state index < -0.39 is 0 Å². The Kier molecular flexibility index (Phi) is 7.55. The van der Waals surface area contributed by atoms with Crippen molar-refractivity contribution in [2.24, 2.45) is 0 Å². The monoisotopic (exact) mass is 436 g/mol. The number of carbonyl (C=O) groups excluding carboxylic acids is 1. The van der Waals surface area contributed by atoms with Gasteiger partial charge >= 0.3 is 0 Å². The van der Waals surface area contributed by atoms with Crippen LogP contribution in [0.15, 0.2) is 54.6 Å². The van der Waals surface area contributed by atoms with Gasteiger partial charge in [0.2, 0.25) is 11.7 Å². The Balaban J connectivity index is 1.11. The maximum absolute atomic E-state index is 13.8. The van der Waals surface area contributed by atoms with Crippen molar-refractivity contribution in [3.63, 3.8) is 0 Å². The number of aromatic nitrogens is 4. The summed E-state index contributed by atoms with van der Waals surface area (Å²) in [5.41, 5.74) is 1.45. The van der Waals surface area contributed by atoms with E-state index in [9.17, 15) is 9.18 Å². The summed E-state index contributed by atoms with van der Waals surface area (Å²) in [6.07, 6.45) is 3.33. The quantitative estimate of drug-likeness (QED) is 0.483. The average Bonchev–Trinajstić information content (AvgIpc) is 3.30. The van der Waals surface area contributed by atoms with Gasteiger partial charge in [-0.1, -0.05) is 55.0 Å². The summed E-state index contributed by atoms with van der Waals surface area (Å²) in [6.45, 7) is 4.94. The van der Waals surface area contributed by atoms with E-state index in [1.54, 1.807) is 23.0 Å². The molecule has 2 heterocycles. The molecule has 4 rings (SSSR count). The maximum Gasteiger partial charge on any atom is 0.227 e. The highest BCUT2D eigenvalue weighted by atomic mass is 19.1. The summed E-state index contributed by atoms with van der Waals surface area (Å²) >= 11 is 0. The number of carbonyl (C=O) groups is 1. The van der Waals surface area contributed by atoms with Gasteiger partial charge in [0.25, 0.3) is 0 Å². The van der Waals surface area contributed by atoms with E-state index in [0.29, 0.717) is 24.5 Å². The Hall–Kier alpha value is -3.13. The van der Waals surface area contributed by atoms with Crippen LogP contribution in [0.1, 0.15) is 24.8 Å². The molecular formula is C24H29FN6O. The highest BCUT2D eigenvalue weighted by Gasteiger charge is 2.21. The lowest BCUT2D eigenvalue weighted by atomic mass is 10.1. The molecule has 0 atom stereocenters. The van der Waals surface area contributed by atoms with Crippen molar-refractivity contribution < 1.29 is 9.18 Å². The molecule has 1 aliphatic rings. The fraction of sp³-hybridized carbons (Fsp3) is 0.417. The molecule has 0 spiro atoms. The molecule has 1 amide bonds. The molecule has 2 aromatic carbocycles. The van der Waals surface area contributed by atoms with Crippen molar-refractivity contribution >= 4 is 5.91 Å². The van der Waals surface area contributed by atoms with Gasteiger partial charge in [0, 0.05) is 31.7 Å². The number of rotatable bonds is 9. The van der Waals surface area contributed by atoms with Crippen molar-refractivity contribution in [1.29, 1.82) is 0 Å². The van der Waals surface area contributed by atoms with Crippen LogP contribution in [0.25, 0.3) is 11.4 Å². The SMILES string of the molecule is O=C(Cc1ccccc1F)N1CCN(CCCCCn2nnc(-c3ccccc3)n2)CC1. The van der Waals surface area contributed by atoms with E-state index in [1.165, 1.54) is 6.07 Å². The van der Waals surface area contributed by atoms with Crippen LogP contribution in [0, 0.1) is 5.82 Å². The van der Waals surface area contributed by atoms with E-state index in [0.717, 1.165) is 51.0 Å². The minimum Gasteiger partial charge on any atom is -0.340 e. The molecule has 0 N–H and O–H groups in total. The van der Waals surface area contributed by atoms with Crippen LogP contribution >= 0.6 is 0 Å². The smallest absolute Gasteiger partial charge is 0.227 e. The third-order valence-electron chi connectivity index (χ3n) is 5.84. The molecule has 3 aromatic rings. The number of unbranched alkanes of at least 4 members (excludes halogenated alkanes) is 2. The topological polar surface area (TPSA) is 67.2 Å². The standard InChI is InChI=1S/C24H29FN6O/c25-22-12-6-5-11-21(22)19-23(32)30-17-15-29(16-18-30)13-7-2-8-14-31-27-24(26-28-31)20-9-3-1-4-10-20/h1,3-6,9-12H,2,7-8,13-19H2. The molecule has 1 aliphatic heterocycles. The van der Waals surface area contributed by atoms with E-state index >= 15 is 0 Å². The van der Waals surface area contributed by atoms with Crippen LogP contribution < -0.4 is 0 Å². The van der Waals surface area contributed by atoms with Crippen LogP contribution in [-0.4, -0.2) is 68.6 Å². The number of nitrogens with zero attached hydrogens (tertiary/aromatic N) is 6. The van der Waals surface area contributed by atoms with Gasteiger partial charge in [-0.15, -0.1) is 10.2 Å². The predicted octanol–water partition coefficient (Wildman–Crippen LogP) is 3.04. The summed E-state index contributed by atoms with van der Waals surface area (Å²) in [4.78, 5) is 18.4. The minimum atomic E-state index is -0.308. The number of piperazine rings is 1. The van der Waals surface area contributed by atoms with Gasteiger partial charge in [-0.25, -0.2) is 4.39 Å². The first kappa shape index (κ1) is 22.1. The van der Waals surface area contributed by atoms with Crippen LogP contribution in [0.5, 0.6) is 0 Å². The van der Waals surface area contributed by atoms with Gasteiger partial charge in [0.05, 0.1) is 13.0 Å². The van der Waals surface area contributed by atoms with E-state index in [2.05, 4.69) is 20.3 Å². The van der Waals surface area contributed by atoms with Gasteiger partial charge in [-0.2, -0.15) is 4.80 Å². The predicted molar refractivity (Wildman–Crippen MR) is 120 cm³/mol. The van der Waals surface area contributed by atoms with Crippen LogP contribution in [0.2, 0.25) is 0 Å². The van der Waals surface area contributed by atoms with Gasteiger partial charge in [-0.3, -0.25) is 9.69 Å². The highest BCUT2D eigenvalue weighted by Crippen LogP contribution is 2.13. The van der Waals surface area contributed by atoms with Crippen molar-refractivity contribution in [2.45, 2.75) is 32.2 Å². The number of hydrogen-bond acceptors (Lipinski definition) is 5. The number of amides is 1.